The molecule has 108 valence electrons. The van der Waals surface area contributed by atoms with Crippen molar-refractivity contribution < 1.29 is 4.74 Å². The first-order valence-corrected chi connectivity index (χ1v) is 8.07. The Bertz CT molecular complexity index is 476. The smallest absolute Gasteiger partial charge is 0.119 e. The molecule has 0 radical (unpaired) electrons. The highest BCUT2D eigenvalue weighted by molar-refractivity contribution is 7.09. The third kappa shape index (κ3) is 5.35. The fraction of sp³-hybridized carbons (Fsp3) is 0.412. The van der Waals surface area contributed by atoms with Gasteiger partial charge in [-0.2, -0.15) is 0 Å². The second kappa shape index (κ2) is 8.08. The van der Waals surface area contributed by atoms with Crippen LogP contribution in [-0.4, -0.2) is 6.61 Å². The fourth-order valence-electron chi connectivity index (χ4n) is 1.86. The Kier molecular flexibility index (Phi) is 6.09. The zero-order valence-corrected chi connectivity index (χ0v) is 13.1. The summed E-state index contributed by atoms with van der Waals surface area (Å²) in [6, 6.07) is 12.6. The standard InChI is InChI=1S/C17H23NOS/c1-14(2)9-10-19-16-7-5-15(6-8-16)12-18-13-17-4-3-11-20-17/h3-8,11,14,18H,9-10,12-13H2,1-2H3. The minimum absolute atomic E-state index is 0.690. The van der Waals surface area contributed by atoms with E-state index in [0.29, 0.717) is 5.92 Å². The summed E-state index contributed by atoms with van der Waals surface area (Å²) in [6.45, 7) is 7.06. The van der Waals surface area contributed by atoms with Gasteiger partial charge in [-0.1, -0.05) is 32.0 Å². The summed E-state index contributed by atoms with van der Waals surface area (Å²) in [4.78, 5) is 1.37. The van der Waals surface area contributed by atoms with Crippen LogP contribution in [0.3, 0.4) is 0 Å². The Morgan fingerprint density at radius 1 is 1.10 bits per heavy atom. The molecule has 0 unspecified atom stereocenters. The SMILES string of the molecule is CC(C)CCOc1ccc(CNCc2cccs2)cc1. The predicted molar refractivity (Wildman–Crippen MR) is 86.3 cm³/mol. The number of thiophene rings is 1. The monoisotopic (exact) mass is 289 g/mol. The highest BCUT2D eigenvalue weighted by Gasteiger charge is 1.98. The van der Waals surface area contributed by atoms with Gasteiger partial charge in [0.2, 0.25) is 0 Å². The maximum atomic E-state index is 5.72. The zero-order chi connectivity index (χ0) is 14.2. The van der Waals surface area contributed by atoms with Gasteiger partial charge < -0.3 is 10.1 Å². The van der Waals surface area contributed by atoms with Gasteiger partial charge in [-0.3, -0.25) is 0 Å². The van der Waals surface area contributed by atoms with Crippen molar-refractivity contribution >= 4 is 11.3 Å². The van der Waals surface area contributed by atoms with Crippen LogP contribution in [0, 0.1) is 5.92 Å². The minimum atomic E-state index is 0.690. The molecule has 1 aromatic carbocycles. The Morgan fingerprint density at radius 2 is 1.90 bits per heavy atom. The summed E-state index contributed by atoms with van der Waals surface area (Å²) < 4.78 is 5.72. The molecule has 0 aliphatic carbocycles. The fourth-order valence-corrected chi connectivity index (χ4v) is 2.53. The first kappa shape index (κ1) is 15.1. The lowest BCUT2D eigenvalue weighted by Crippen LogP contribution is -2.11. The Balaban J connectivity index is 1.71. The van der Waals surface area contributed by atoms with E-state index in [1.54, 1.807) is 11.3 Å². The van der Waals surface area contributed by atoms with Crippen LogP contribution in [0.25, 0.3) is 0 Å². The van der Waals surface area contributed by atoms with Gasteiger partial charge in [0, 0.05) is 18.0 Å². The third-order valence-corrected chi connectivity index (χ3v) is 3.97. The average molecular weight is 289 g/mol. The van der Waals surface area contributed by atoms with Crippen molar-refractivity contribution in [2.24, 2.45) is 5.92 Å². The van der Waals surface area contributed by atoms with Crippen LogP contribution in [0.15, 0.2) is 41.8 Å². The summed E-state index contributed by atoms with van der Waals surface area (Å²) in [5, 5.41) is 5.56. The van der Waals surface area contributed by atoms with Crippen molar-refractivity contribution in [2.45, 2.75) is 33.4 Å². The van der Waals surface area contributed by atoms with Gasteiger partial charge in [-0.25, -0.2) is 0 Å². The van der Waals surface area contributed by atoms with Gasteiger partial charge in [0.25, 0.3) is 0 Å². The van der Waals surface area contributed by atoms with Gasteiger partial charge in [0.05, 0.1) is 6.61 Å². The molecule has 0 aliphatic rings. The van der Waals surface area contributed by atoms with Crippen molar-refractivity contribution in [3.63, 3.8) is 0 Å². The highest BCUT2D eigenvalue weighted by Crippen LogP contribution is 2.14. The lowest BCUT2D eigenvalue weighted by Gasteiger charge is -2.09. The number of benzene rings is 1. The molecule has 0 saturated carbocycles. The van der Waals surface area contributed by atoms with Gasteiger partial charge in [0.15, 0.2) is 0 Å². The van der Waals surface area contributed by atoms with Crippen molar-refractivity contribution in [3.05, 3.63) is 52.2 Å². The summed E-state index contributed by atoms with van der Waals surface area (Å²) in [5.41, 5.74) is 1.29. The van der Waals surface area contributed by atoms with E-state index >= 15 is 0 Å². The molecule has 0 atom stereocenters. The number of nitrogens with one attached hydrogen (secondary N) is 1. The quantitative estimate of drug-likeness (QED) is 0.774. The van der Waals surface area contributed by atoms with E-state index in [4.69, 9.17) is 4.74 Å². The molecule has 0 amide bonds. The van der Waals surface area contributed by atoms with Crippen molar-refractivity contribution in [2.75, 3.05) is 6.61 Å². The lowest BCUT2D eigenvalue weighted by atomic mass is 10.1. The molecule has 3 heteroatoms. The zero-order valence-electron chi connectivity index (χ0n) is 12.3. The minimum Gasteiger partial charge on any atom is -0.494 e. The van der Waals surface area contributed by atoms with Crippen molar-refractivity contribution in [1.82, 2.24) is 5.32 Å². The second-order valence-corrected chi connectivity index (χ2v) is 6.39. The molecule has 1 aromatic heterocycles. The first-order chi connectivity index (χ1) is 9.74. The molecule has 0 spiro atoms. The Labute approximate surface area is 125 Å². The van der Waals surface area contributed by atoms with Crippen LogP contribution in [-0.2, 0) is 13.1 Å². The average Bonchev–Trinajstić information content (AvgIpc) is 2.93. The molecule has 1 heterocycles. The molecule has 0 aliphatic heterocycles. The van der Waals surface area contributed by atoms with Gasteiger partial charge in [-0.05, 0) is 41.5 Å². The summed E-state index contributed by atoms with van der Waals surface area (Å²) in [7, 11) is 0. The van der Waals surface area contributed by atoms with Crippen LogP contribution in [0.5, 0.6) is 5.75 Å². The molecule has 0 fully saturated rings. The molecular weight excluding hydrogens is 266 g/mol. The van der Waals surface area contributed by atoms with Crippen LogP contribution >= 0.6 is 11.3 Å². The third-order valence-electron chi connectivity index (χ3n) is 3.10. The number of rotatable bonds is 8. The van der Waals surface area contributed by atoms with Gasteiger partial charge in [0.1, 0.15) is 5.75 Å². The molecule has 1 N–H and O–H groups in total. The normalized spacial score (nSPS) is 10.9. The first-order valence-electron chi connectivity index (χ1n) is 7.19. The summed E-state index contributed by atoms with van der Waals surface area (Å²) in [6.07, 6.45) is 1.10. The molecule has 20 heavy (non-hydrogen) atoms. The van der Waals surface area contributed by atoms with E-state index in [1.807, 2.05) is 0 Å². The molecule has 2 aromatic rings. The van der Waals surface area contributed by atoms with Crippen LogP contribution in [0.1, 0.15) is 30.7 Å². The number of hydrogen-bond donors (Lipinski definition) is 1. The van der Waals surface area contributed by atoms with Crippen molar-refractivity contribution in [3.8, 4) is 5.75 Å². The largest absolute Gasteiger partial charge is 0.494 e. The van der Waals surface area contributed by atoms with E-state index < -0.39 is 0 Å². The van der Waals surface area contributed by atoms with E-state index in [2.05, 4.69) is 60.9 Å². The maximum absolute atomic E-state index is 5.72. The Hall–Kier alpha value is -1.32. The van der Waals surface area contributed by atoms with Gasteiger partial charge >= 0.3 is 0 Å². The second-order valence-electron chi connectivity index (χ2n) is 5.36. The summed E-state index contributed by atoms with van der Waals surface area (Å²) >= 11 is 1.79. The number of ether oxygens (including phenoxy) is 1. The summed E-state index contributed by atoms with van der Waals surface area (Å²) in [5.74, 6) is 1.66. The van der Waals surface area contributed by atoms with Crippen LogP contribution < -0.4 is 10.1 Å². The molecule has 2 rings (SSSR count). The van der Waals surface area contributed by atoms with E-state index in [-0.39, 0.29) is 0 Å². The highest BCUT2D eigenvalue weighted by atomic mass is 32.1. The van der Waals surface area contributed by atoms with Crippen LogP contribution in [0.2, 0.25) is 0 Å². The van der Waals surface area contributed by atoms with Crippen LogP contribution in [0.4, 0.5) is 0 Å². The van der Waals surface area contributed by atoms with E-state index in [1.165, 1.54) is 10.4 Å². The van der Waals surface area contributed by atoms with E-state index in [9.17, 15) is 0 Å². The molecule has 0 bridgehead atoms. The lowest BCUT2D eigenvalue weighted by molar-refractivity contribution is 0.289. The molecule has 2 nitrogen and oxygen atoms in total. The number of hydrogen-bond acceptors (Lipinski definition) is 3. The maximum Gasteiger partial charge on any atom is 0.119 e. The topological polar surface area (TPSA) is 21.3 Å². The van der Waals surface area contributed by atoms with E-state index in [0.717, 1.165) is 31.9 Å². The molecule has 0 saturated heterocycles. The Morgan fingerprint density at radius 3 is 2.55 bits per heavy atom. The van der Waals surface area contributed by atoms with Gasteiger partial charge in [-0.15, -0.1) is 11.3 Å². The van der Waals surface area contributed by atoms with Crippen molar-refractivity contribution in [1.29, 1.82) is 0 Å². The predicted octanol–water partition coefficient (Wildman–Crippen LogP) is 4.46. The molecular formula is C17H23NOS.